The van der Waals surface area contributed by atoms with E-state index in [4.69, 9.17) is 0 Å². The molecule has 1 fully saturated rings. The van der Waals surface area contributed by atoms with Crippen LogP contribution in [0, 0.1) is 0 Å². The second-order valence-electron chi connectivity index (χ2n) is 6.88. The monoisotopic (exact) mass is 365 g/mol. The molecule has 2 aliphatic rings. The average molecular weight is 365 g/mol. The van der Waals surface area contributed by atoms with Crippen LogP contribution in [-0.4, -0.2) is 57.5 Å². The number of piperazine rings is 1. The fourth-order valence-electron chi connectivity index (χ4n) is 3.67. The molecule has 1 N–H and O–H groups in total. The first-order valence-corrected chi connectivity index (χ1v) is 9.24. The Morgan fingerprint density at radius 2 is 1.93 bits per heavy atom. The number of carbonyl (C=O) groups excluding carboxylic acids is 2. The molecule has 1 saturated heterocycles. The van der Waals surface area contributed by atoms with Crippen molar-refractivity contribution in [2.24, 2.45) is 7.05 Å². The molecule has 0 unspecified atom stereocenters. The van der Waals surface area contributed by atoms with Crippen molar-refractivity contribution in [3.8, 4) is 0 Å². The molecule has 7 nitrogen and oxygen atoms in total. The molecular weight excluding hydrogens is 342 g/mol. The second kappa shape index (κ2) is 7.26. The molecule has 0 aromatic carbocycles. The molecule has 27 heavy (non-hydrogen) atoms. The lowest BCUT2D eigenvalue weighted by atomic mass is 10.1. The third-order valence-corrected chi connectivity index (χ3v) is 5.22. The first-order chi connectivity index (χ1) is 13.1. The Hall–Kier alpha value is -3.09. The minimum Gasteiger partial charge on any atom is -0.343 e. The smallest absolute Gasteiger partial charge is 0.322 e. The number of nitrogens with zero attached hydrogens (tertiary/aromatic N) is 4. The Labute approximate surface area is 158 Å². The summed E-state index contributed by atoms with van der Waals surface area (Å²) in [6.07, 6.45) is 9.51. The molecule has 0 bridgehead atoms. The lowest BCUT2D eigenvalue weighted by Crippen LogP contribution is -2.51. The van der Waals surface area contributed by atoms with E-state index in [2.05, 4.69) is 22.5 Å². The van der Waals surface area contributed by atoms with Crippen molar-refractivity contribution in [2.75, 3.05) is 31.5 Å². The highest BCUT2D eigenvalue weighted by atomic mass is 16.2. The average Bonchev–Trinajstić information content (AvgIpc) is 3.05. The van der Waals surface area contributed by atoms with Gasteiger partial charge in [-0.1, -0.05) is 12.2 Å². The number of amides is 3. The minimum absolute atomic E-state index is 0.0348. The quantitative estimate of drug-likeness (QED) is 0.888. The molecule has 0 radical (unpaired) electrons. The number of fused-ring (bicyclic) bond motifs is 1. The van der Waals surface area contributed by atoms with Crippen LogP contribution in [0.1, 0.15) is 28.2 Å². The van der Waals surface area contributed by atoms with Gasteiger partial charge in [0.1, 0.15) is 5.69 Å². The van der Waals surface area contributed by atoms with E-state index in [9.17, 15) is 9.59 Å². The maximum Gasteiger partial charge on any atom is 0.322 e. The van der Waals surface area contributed by atoms with Gasteiger partial charge in [0, 0.05) is 45.1 Å². The fraction of sp³-hybridized carbons (Fsp3) is 0.350. The summed E-state index contributed by atoms with van der Waals surface area (Å²) in [6, 6.07) is 5.40. The van der Waals surface area contributed by atoms with Gasteiger partial charge < -0.3 is 19.7 Å². The van der Waals surface area contributed by atoms with Gasteiger partial charge in [0.05, 0.1) is 11.9 Å². The number of hydrogen-bond donors (Lipinski definition) is 1. The van der Waals surface area contributed by atoms with Gasteiger partial charge in [-0.25, -0.2) is 4.79 Å². The van der Waals surface area contributed by atoms with Crippen LogP contribution < -0.4 is 5.32 Å². The summed E-state index contributed by atoms with van der Waals surface area (Å²) in [5, 5.41) is 2.84. The van der Waals surface area contributed by atoms with Gasteiger partial charge in [0.15, 0.2) is 0 Å². The summed E-state index contributed by atoms with van der Waals surface area (Å²) in [6.45, 7) is 2.10. The van der Waals surface area contributed by atoms with Crippen LogP contribution >= 0.6 is 0 Å². The molecule has 140 valence electrons. The van der Waals surface area contributed by atoms with Gasteiger partial charge >= 0.3 is 6.03 Å². The standard InChI is InChI=1S/C20H23N5O2/c1-23-17-7-3-2-5-15(17)13-18(23)19(26)24-9-11-25(12-10-24)20(27)22-16-6-4-8-21-14-16/h2,4-6,8,13-14H,3,7,9-12H2,1H3,(H,22,27). The topological polar surface area (TPSA) is 70.5 Å². The normalized spacial score (nSPS) is 16.2. The summed E-state index contributed by atoms with van der Waals surface area (Å²) < 4.78 is 2.02. The third-order valence-electron chi connectivity index (χ3n) is 5.22. The van der Waals surface area contributed by atoms with Crippen molar-refractivity contribution in [2.45, 2.75) is 12.8 Å². The number of nitrogens with one attached hydrogen (secondary N) is 1. The zero-order chi connectivity index (χ0) is 18.8. The van der Waals surface area contributed by atoms with E-state index in [1.165, 1.54) is 5.69 Å². The van der Waals surface area contributed by atoms with E-state index < -0.39 is 0 Å². The van der Waals surface area contributed by atoms with Crippen LogP contribution in [0.3, 0.4) is 0 Å². The molecule has 2 aromatic rings. The molecular formula is C20H23N5O2. The van der Waals surface area contributed by atoms with Crippen molar-refractivity contribution in [3.63, 3.8) is 0 Å². The predicted octanol–water partition coefficient (Wildman–Crippen LogP) is 2.37. The third kappa shape index (κ3) is 3.45. The highest BCUT2D eigenvalue weighted by Crippen LogP contribution is 2.24. The summed E-state index contributed by atoms with van der Waals surface area (Å²) in [5.41, 5.74) is 3.75. The number of rotatable bonds is 2. The molecule has 0 atom stereocenters. The molecule has 7 heteroatoms. The molecule has 1 aliphatic carbocycles. The Balaban J connectivity index is 1.38. The maximum atomic E-state index is 13.0. The van der Waals surface area contributed by atoms with Crippen molar-refractivity contribution < 1.29 is 9.59 Å². The zero-order valence-corrected chi connectivity index (χ0v) is 15.4. The van der Waals surface area contributed by atoms with Crippen LogP contribution in [0.4, 0.5) is 10.5 Å². The first-order valence-electron chi connectivity index (χ1n) is 9.24. The fourth-order valence-corrected chi connectivity index (χ4v) is 3.67. The van der Waals surface area contributed by atoms with E-state index >= 15 is 0 Å². The number of urea groups is 1. The van der Waals surface area contributed by atoms with Gasteiger partial charge in [0.25, 0.3) is 5.91 Å². The van der Waals surface area contributed by atoms with Gasteiger partial charge in [0.2, 0.25) is 0 Å². The highest BCUT2D eigenvalue weighted by Gasteiger charge is 2.27. The molecule has 3 heterocycles. The summed E-state index contributed by atoms with van der Waals surface area (Å²) in [5.74, 6) is 0.0348. The van der Waals surface area contributed by atoms with Gasteiger partial charge in [-0.3, -0.25) is 9.78 Å². The zero-order valence-electron chi connectivity index (χ0n) is 15.4. The second-order valence-corrected chi connectivity index (χ2v) is 6.88. The predicted molar refractivity (Wildman–Crippen MR) is 104 cm³/mol. The van der Waals surface area contributed by atoms with E-state index in [0.717, 1.165) is 24.1 Å². The maximum absolute atomic E-state index is 13.0. The highest BCUT2D eigenvalue weighted by molar-refractivity contribution is 5.94. The van der Waals surface area contributed by atoms with Crippen LogP contribution in [0.15, 0.2) is 36.7 Å². The van der Waals surface area contributed by atoms with E-state index in [0.29, 0.717) is 31.9 Å². The number of anilines is 1. The summed E-state index contributed by atoms with van der Waals surface area (Å²) in [4.78, 5) is 32.9. The molecule has 0 saturated carbocycles. The number of hydrogen-bond acceptors (Lipinski definition) is 3. The Morgan fingerprint density at radius 3 is 2.63 bits per heavy atom. The van der Waals surface area contributed by atoms with Crippen LogP contribution in [0.25, 0.3) is 6.08 Å². The molecule has 3 amide bonds. The number of pyridine rings is 1. The Morgan fingerprint density at radius 1 is 1.15 bits per heavy atom. The number of carbonyl (C=O) groups is 2. The van der Waals surface area contributed by atoms with Crippen LogP contribution in [0.5, 0.6) is 0 Å². The largest absolute Gasteiger partial charge is 0.343 e. The molecule has 4 rings (SSSR count). The van der Waals surface area contributed by atoms with Crippen LogP contribution in [-0.2, 0) is 13.5 Å². The van der Waals surface area contributed by atoms with Crippen molar-refractivity contribution >= 4 is 23.7 Å². The van der Waals surface area contributed by atoms with Crippen LogP contribution in [0.2, 0.25) is 0 Å². The number of allylic oxidation sites excluding steroid dienone is 1. The van der Waals surface area contributed by atoms with Crippen molar-refractivity contribution in [1.82, 2.24) is 19.4 Å². The summed E-state index contributed by atoms with van der Waals surface area (Å²) >= 11 is 0. The van der Waals surface area contributed by atoms with Gasteiger partial charge in [-0.15, -0.1) is 0 Å². The Kier molecular flexibility index (Phi) is 4.66. The number of aromatic nitrogens is 2. The van der Waals surface area contributed by atoms with E-state index in [-0.39, 0.29) is 11.9 Å². The molecule has 0 spiro atoms. The van der Waals surface area contributed by atoms with Crippen molar-refractivity contribution in [1.29, 1.82) is 0 Å². The van der Waals surface area contributed by atoms with Gasteiger partial charge in [-0.05, 0) is 36.6 Å². The Bertz CT molecular complexity index is 879. The lowest BCUT2D eigenvalue weighted by molar-refractivity contribution is 0.0662. The molecule has 1 aliphatic heterocycles. The SMILES string of the molecule is Cn1c(C(=O)N2CCN(C(=O)Nc3cccnc3)CC2)cc2c1CCC=C2. The van der Waals surface area contributed by atoms with E-state index in [1.807, 2.05) is 22.6 Å². The summed E-state index contributed by atoms with van der Waals surface area (Å²) in [7, 11) is 1.96. The van der Waals surface area contributed by atoms with Gasteiger partial charge in [-0.2, -0.15) is 0 Å². The first kappa shape index (κ1) is 17.3. The van der Waals surface area contributed by atoms with E-state index in [1.54, 1.807) is 29.4 Å². The van der Waals surface area contributed by atoms with Crippen molar-refractivity contribution in [3.05, 3.63) is 53.6 Å². The molecule has 2 aromatic heterocycles. The minimum atomic E-state index is -0.158. The lowest BCUT2D eigenvalue weighted by Gasteiger charge is -2.34.